The molecule has 0 saturated heterocycles. The second-order valence-corrected chi connectivity index (χ2v) is 4.65. The lowest BCUT2D eigenvalue weighted by Gasteiger charge is -2.06. The number of halogens is 1. The summed E-state index contributed by atoms with van der Waals surface area (Å²) in [7, 11) is 0. The Morgan fingerprint density at radius 3 is 2.53 bits per heavy atom. The molecule has 0 bridgehead atoms. The van der Waals surface area contributed by atoms with Gasteiger partial charge in [0.2, 0.25) is 0 Å². The van der Waals surface area contributed by atoms with Crippen molar-refractivity contribution >= 4 is 15.9 Å². The summed E-state index contributed by atoms with van der Waals surface area (Å²) in [5.41, 5.74) is 5.81. The Labute approximate surface area is 97.8 Å². The predicted molar refractivity (Wildman–Crippen MR) is 65.9 cm³/mol. The van der Waals surface area contributed by atoms with Crippen LogP contribution >= 0.6 is 15.9 Å². The van der Waals surface area contributed by atoms with Gasteiger partial charge in [0.1, 0.15) is 0 Å². The Balaban J connectivity index is 2.68. The van der Waals surface area contributed by atoms with Crippen molar-refractivity contribution in [2.24, 2.45) is 0 Å². The van der Waals surface area contributed by atoms with E-state index >= 15 is 0 Å². The topological polar surface area (TPSA) is 28.7 Å². The SMILES string of the molecule is Cc1ccc(Br)c(-c2c(C)n[nH]c2C)c1. The summed E-state index contributed by atoms with van der Waals surface area (Å²) < 4.78 is 1.11. The molecular formula is C12H13BrN2. The molecule has 1 heterocycles. The Kier molecular flexibility index (Phi) is 2.65. The molecule has 0 unspecified atom stereocenters. The maximum atomic E-state index is 4.22. The molecule has 1 aromatic heterocycles. The highest BCUT2D eigenvalue weighted by molar-refractivity contribution is 9.10. The van der Waals surface area contributed by atoms with Gasteiger partial charge in [-0.25, -0.2) is 0 Å². The van der Waals surface area contributed by atoms with E-state index in [0.29, 0.717) is 0 Å². The summed E-state index contributed by atoms with van der Waals surface area (Å²) in [5.74, 6) is 0. The van der Waals surface area contributed by atoms with Crippen LogP contribution in [0.4, 0.5) is 0 Å². The molecule has 2 nitrogen and oxygen atoms in total. The minimum Gasteiger partial charge on any atom is -0.282 e. The molecule has 0 aliphatic carbocycles. The van der Waals surface area contributed by atoms with Crippen LogP contribution in [-0.4, -0.2) is 10.2 Å². The van der Waals surface area contributed by atoms with Crippen LogP contribution in [0, 0.1) is 20.8 Å². The fraction of sp³-hybridized carbons (Fsp3) is 0.250. The van der Waals surface area contributed by atoms with Crippen LogP contribution in [-0.2, 0) is 0 Å². The summed E-state index contributed by atoms with van der Waals surface area (Å²) in [6.45, 7) is 6.17. The second kappa shape index (κ2) is 3.81. The minimum atomic E-state index is 1.04. The van der Waals surface area contributed by atoms with E-state index in [-0.39, 0.29) is 0 Å². The fourth-order valence-corrected chi connectivity index (χ4v) is 2.22. The highest BCUT2D eigenvalue weighted by Gasteiger charge is 2.11. The lowest BCUT2D eigenvalue weighted by Crippen LogP contribution is -1.85. The van der Waals surface area contributed by atoms with Crippen molar-refractivity contribution in [1.82, 2.24) is 10.2 Å². The van der Waals surface area contributed by atoms with Crippen LogP contribution < -0.4 is 0 Å². The first kappa shape index (κ1) is 10.4. The third-order valence-corrected chi connectivity index (χ3v) is 3.21. The van der Waals surface area contributed by atoms with Gasteiger partial charge in [0.05, 0.1) is 5.69 Å². The summed E-state index contributed by atoms with van der Waals surface area (Å²) in [6, 6.07) is 6.35. The number of hydrogen-bond acceptors (Lipinski definition) is 1. The molecule has 1 N–H and O–H groups in total. The van der Waals surface area contributed by atoms with Crippen molar-refractivity contribution in [3.8, 4) is 11.1 Å². The van der Waals surface area contributed by atoms with Gasteiger partial charge >= 0.3 is 0 Å². The van der Waals surface area contributed by atoms with Crippen LogP contribution in [0.2, 0.25) is 0 Å². The second-order valence-electron chi connectivity index (χ2n) is 3.79. The highest BCUT2D eigenvalue weighted by atomic mass is 79.9. The van der Waals surface area contributed by atoms with Gasteiger partial charge in [-0.15, -0.1) is 0 Å². The Hall–Kier alpha value is -1.09. The molecule has 2 rings (SSSR count). The number of benzene rings is 1. The smallest absolute Gasteiger partial charge is 0.0672 e. The molecule has 0 amide bonds. The number of aromatic amines is 1. The lowest BCUT2D eigenvalue weighted by atomic mass is 10.0. The van der Waals surface area contributed by atoms with E-state index in [1.54, 1.807) is 0 Å². The molecule has 0 saturated carbocycles. The average molecular weight is 265 g/mol. The zero-order valence-electron chi connectivity index (χ0n) is 9.06. The quantitative estimate of drug-likeness (QED) is 0.835. The molecule has 1 aromatic carbocycles. The van der Waals surface area contributed by atoms with Gasteiger partial charge in [0.15, 0.2) is 0 Å². The third kappa shape index (κ3) is 1.84. The highest BCUT2D eigenvalue weighted by Crippen LogP contribution is 2.32. The van der Waals surface area contributed by atoms with Crippen molar-refractivity contribution in [2.45, 2.75) is 20.8 Å². The number of nitrogens with one attached hydrogen (secondary N) is 1. The molecule has 15 heavy (non-hydrogen) atoms. The van der Waals surface area contributed by atoms with E-state index in [2.05, 4.69) is 51.3 Å². The van der Waals surface area contributed by atoms with Gasteiger partial charge in [-0.3, -0.25) is 5.10 Å². The molecule has 0 fully saturated rings. The summed E-state index contributed by atoms with van der Waals surface area (Å²) in [4.78, 5) is 0. The molecule has 78 valence electrons. The number of nitrogens with zero attached hydrogens (tertiary/aromatic N) is 1. The number of H-pyrrole nitrogens is 1. The van der Waals surface area contributed by atoms with Gasteiger partial charge in [0, 0.05) is 15.7 Å². The molecule has 2 aromatic rings. The Morgan fingerprint density at radius 1 is 1.20 bits per heavy atom. The van der Waals surface area contributed by atoms with Crippen LogP contribution in [0.25, 0.3) is 11.1 Å². The first-order valence-electron chi connectivity index (χ1n) is 4.87. The summed E-state index contributed by atoms with van der Waals surface area (Å²) >= 11 is 3.58. The number of rotatable bonds is 1. The maximum absolute atomic E-state index is 4.22. The normalized spacial score (nSPS) is 10.7. The summed E-state index contributed by atoms with van der Waals surface area (Å²) in [6.07, 6.45) is 0. The molecule has 0 radical (unpaired) electrons. The predicted octanol–water partition coefficient (Wildman–Crippen LogP) is 3.76. The van der Waals surface area contributed by atoms with Crippen LogP contribution in [0.5, 0.6) is 0 Å². The fourth-order valence-electron chi connectivity index (χ4n) is 1.78. The average Bonchev–Trinajstić information content (AvgIpc) is 2.51. The molecule has 0 aliphatic rings. The molecule has 0 spiro atoms. The van der Waals surface area contributed by atoms with E-state index in [4.69, 9.17) is 0 Å². The first-order chi connectivity index (χ1) is 7.09. The van der Waals surface area contributed by atoms with Crippen molar-refractivity contribution in [3.05, 3.63) is 39.6 Å². The van der Waals surface area contributed by atoms with Gasteiger partial charge in [-0.05, 0) is 32.4 Å². The van der Waals surface area contributed by atoms with E-state index in [9.17, 15) is 0 Å². The van der Waals surface area contributed by atoms with E-state index in [0.717, 1.165) is 15.9 Å². The maximum Gasteiger partial charge on any atom is 0.0672 e. The van der Waals surface area contributed by atoms with Crippen LogP contribution in [0.1, 0.15) is 17.0 Å². The van der Waals surface area contributed by atoms with E-state index in [1.165, 1.54) is 16.7 Å². The van der Waals surface area contributed by atoms with Crippen LogP contribution in [0.3, 0.4) is 0 Å². The number of hydrogen-bond donors (Lipinski definition) is 1. The van der Waals surface area contributed by atoms with Crippen molar-refractivity contribution in [2.75, 3.05) is 0 Å². The summed E-state index contributed by atoms with van der Waals surface area (Å²) in [5, 5.41) is 7.23. The van der Waals surface area contributed by atoms with Gasteiger partial charge < -0.3 is 0 Å². The van der Waals surface area contributed by atoms with Crippen molar-refractivity contribution in [1.29, 1.82) is 0 Å². The lowest BCUT2D eigenvalue weighted by molar-refractivity contribution is 1.02. The Morgan fingerprint density at radius 2 is 1.93 bits per heavy atom. The number of aromatic nitrogens is 2. The van der Waals surface area contributed by atoms with E-state index < -0.39 is 0 Å². The van der Waals surface area contributed by atoms with Crippen LogP contribution in [0.15, 0.2) is 22.7 Å². The Bertz CT molecular complexity index is 481. The molecule has 0 atom stereocenters. The number of aryl methyl sites for hydroxylation is 3. The zero-order valence-corrected chi connectivity index (χ0v) is 10.6. The molecular weight excluding hydrogens is 252 g/mol. The molecule has 3 heteroatoms. The molecule has 0 aliphatic heterocycles. The van der Waals surface area contributed by atoms with Crippen molar-refractivity contribution < 1.29 is 0 Å². The van der Waals surface area contributed by atoms with Gasteiger partial charge in [-0.1, -0.05) is 33.6 Å². The monoisotopic (exact) mass is 264 g/mol. The zero-order chi connectivity index (χ0) is 11.0. The minimum absolute atomic E-state index is 1.04. The largest absolute Gasteiger partial charge is 0.282 e. The van der Waals surface area contributed by atoms with Gasteiger partial charge in [0.25, 0.3) is 0 Å². The standard InChI is InChI=1S/C12H13BrN2/c1-7-4-5-11(13)10(6-7)12-8(2)14-15-9(12)3/h4-6H,1-3H3,(H,14,15). The van der Waals surface area contributed by atoms with E-state index in [1.807, 2.05) is 13.8 Å². The van der Waals surface area contributed by atoms with Gasteiger partial charge in [-0.2, -0.15) is 5.10 Å². The first-order valence-corrected chi connectivity index (χ1v) is 5.67. The third-order valence-electron chi connectivity index (χ3n) is 2.52. The van der Waals surface area contributed by atoms with Crippen molar-refractivity contribution in [3.63, 3.8) is 0 Å².